The summed E-state index contributed by atoms with van der Waals surface area (Å²) < 4.78 is 5.96. The summed E-state index contributed by atoms with van der Waals surface area (Å²) in [5, 5.41) is 6.89. The maximum Gasteiger partial charge on any atom is 0.271 e. The van der Waals surface area contributed by atoms with Crippen molar-refractivity contribution in [2.45, 2.75) is 25.0 Å². The number of rotatable bonds is 3. The number of hydrazone groups is 1. The van der Waals surface area contributed by atoms with Crippen molar-refractivity contribution in [3.8, 4) is 5.75 Å². The number of nitrogens with two attached hydrogens (primary N) is 1. The maximum absolute atomic E-state index is 12.7. The number of nitrogens with zero attached hydrogens (tertiary/aromatic N) is 1. The Morgan fingerprint density at radius 3 is 2.70 bits per heavy atom. The summed E-state index contributed by atoms with van der Waals surface area (Å²) in [4.78, 5) is 24.9. The van der Waals surface area contributed by atoms with Gasteiger partial charge < -0.3 is 15.8 Å². The summed E-state index contributed by atoms with van der Waals surface area (Å²) in [6, 6.07) is 16.3. The molecular formula is C20H20N4O3. The Bertz CT molecular complexity index is 928. The highest BCUT2D eigenvalue weighted by molar-refractivity contribution is 6.05. The second-order valence-corrected chi connectivity index (χ2v) is 6.99. The number of ether oxygens (including phenoxy) is 1. The lowest BCUT2D eigenvalue weighted by Crippen LogP contribution is -2.62. The monoisotopic (exact) mass is 364 g/mol. The van der Waals surface area contributed by atoms with Crippen molar-refractivity contribution in [2.24, 2.45) is 16.8 Å². The summed E-state index contributed by atoms with van der Waals surface area (Å²) in [5.41, 5.74) is 9.18. The Morgan fingerprint density at radius 2 is 1.93 bits per heavy atom. The van der Waals surface area contributed by atoms with E-state index in [0.717, 1.165) is 11.3 Å². The van der Waals surface area contributed by atoms with Crippen LogP contribution in [0.15, 0.2) is 59.7 Å². The van der Waals surface area contributed by atoms with Crippen molar-refractivity contribution in [2.75, 3.05) is 0 Å². The van der Waals surface area contributed by atoms with Gasteiger partial charge in [-0.25, -0.2) is 5.43 Å². The quantitative estimate of drug-likeness (QED) is 0.438. The highest BCUT2D eigenvalue weighted by Gasteiger charge is 2.50. The predicted octanol–water partition coefficient (Wildman–Crippen LogP) is 1.72. The number of amides is 2. The second kappa shape index (κ2) is 6.42. The fourth-order valence-corrected chi connectivity index (χ4v) is 3.77. The summed E-state index contributed by atoms with van der Waals surface area (Å²) in [6.07, 6.45) is 0.573. The molecule has 2 aliphatic heterocycles. The van der Waals surface area contributed by atoms with E-state index in [-0.39, 0.29) is 23.6 Å². The molecule has 2 aromatic rings. The lowest BCUT2D eigenvalue weighted by atomic mass is 9.74. The van der Waals surface area contributed by atoms with Crippen LogP contribution in [0.4, 0.5) is 0 Å². The molecule has 3 unspecified atom stereocenters. The van der Waals surface area contributed by atoms with Gasteiger partial charge in [-0.2, -0.15) is 5.10 Å². The second-order valence-electron chi connectivity index (χ2n) is 6.99. The molecule has 4 N–H and O–H groups in total. The standard InChI is InChI=1S/C20H20N4O3/c1-20-11-14(13-9-5-6-10-15(13)27-20)16(19(26)22-20)17(21)23-24-18(25)12-7-3-2-4-8-12/h2-10,14,16H,11H2,1H3,(H2,21,23)(H,22,26)(H,24,25). The zero-order valence-electron chi connectivity index (χ0n) is 14.8. The number of para-hydroxylation sites is 1. The largest absolute Gasteiger partial charge is 0.468 e. The van der Waals surface area contributed by atoms with E-state index >= 15 is 0 Å². The molecule has 138 valence electrons. The van der Waals surface area contributed by atoms with Crippen molar-refractivity contribution in [1.29, 1.82) is 0 Å². The predicted molar refractivity (Wildman–Crippen MR) is 100.0 cm³/mol. The Morgan fingerprint density at radius 1 is 1.22 bits per heavy atom. The molecule has 7 heteroatoms. The lowest BCUT2D eigenvalue weighted by Gasteiger charge is -2.46. The van der Waals surface area contributed by atoms with Crippen molar-refractivity contribution >= 4 is 17.6 Å². The Labute approximate surface area is 156 Å². The van der Waals surface area contributed by atoms with Crippen LogP contribution >= 0.6 is 0 Å². The first-order valence-electron chi connectivity index (χ1n) is 8.75. The summed E-state index contributed by atoms with van der Waals surface area (Å²) in [6.45, 7) is 1.84. The Balaban J connectivity index is 1.61. The van der Waals surface area contributed by atoms with Crippen molar-refractivity contribution in [3.05, 3.63) is 65.7 Å². The average Bonchev–Trinajstić information content (AvgIpc) is 2.66. The molecule has 7 nitrogen and oxygen atoms in total. The number of nitrogens with one attached hydrogen (secondary N) is 2. The van der Waals surface area contributed by atoms with E-state index < -0.39 is 11.6 Å². The molecule has 2 bridgehead atoms. The summed E-state index contributed by atoms with van der Waals surface area (Å²) in [5.74, 6) is -0.710. The van der Waals surface area contributed by atoms with Crippen LogP contribution in [0.5, 0.6) is 5.75 Å². The number of piperidine rings is 1. The van der Waals surface area contributed by atoms with Gasteiger partial charge in [-0.3, -0.25) is 9.59 Å². The van der Waals surface area contributed by atoms with Crippen molar-refractivity contribution in [3.63, 3.8) is 0 Å². The SMILES string of the molecule is CC12CC(c3ccccc3O1)C(C(N)=NNC(=O)c1ccccc1)C(=O)N2. The molecule has 0 aliphatic carbocycles. The molecule has 27 heavy (non-hydrogen) atoms. The van der Waals surface area contributed by atoms with Gasteiger partial charge in [0.2, 0.25) is 5.91 Å². The third-order valence-corrected chi connectivity index (χ3v) is 4.98. The summed E-state index contributed by atoms with van der Waals surface area (Å²) >= 11 is 0. The molecule has 2 aliphatic rings. The number of hydrogen-bond donors (Lipinski definition) is 3. The number of fused-ring (bicyclic) bond motifs is 4. The first-order valence-corrected chi connectivity index (χ1v) is 8.75. The molecule has 0 saturated carbocycles. The number of amidine groups is 1. The molecule has 2 aromatic carbocycles. The molecule has 1 fully saturated rings. The van der Waals surface area contributed by atoms with Crippen LogP contribution < -0.4 is 21.2 Å². The fourth-order valence-electron chi connectivity index (χ4n) is 3.77. The third-order valence-electron chi connectivity index (χ3n) is 4.98. The van der Waals surface area contributed by atoms with Crippen molar-refractivity contribution in [1.82, 2.24) is 10.7 Å². The molecule has 0 radical (unpaired) electrons. The van der Waals surface area contributed by atoms with E-state index in [0.29, 0.717) is 12.0 Å². The molecule has 2 heterocycles. The van der Waals surface area contributed by atoms with Gasteiger partial charge in [0.1, 0.15) is 17.5 Å². The maximum atomic E-state index is 12.7. The van der Waals surface area contributed by atoms with Gasteiger partial charge in [0, 0.05) is 17.9 Å². The number of carbonyl (C=O) groups excluding carboxylic acids is 2. The van der Waals surface area contributed by atoms with Gasteiger partial charge in [0.15, 0.2) is 5.72 Å². The molecule has 0 spiro atoms. The fraction of sp³-hybridized carbons (Fsp3) is 0.250. The van der Waals surface area contributed by atoms with E-state index in [1.807, 2.05) is 37.3 Å². The first-order chi connectivity index (χ1) is 13.0. The molecule has 4 rings (SSSR count). The lowest BCUT2D eigenvalue weighted by molar-refractivity contribution is -0.136. The van der Waals surface area contributed by atoms with Crippen LogP contribution in [-0.2, 0) is 4.79 Å². The molecule has 0 aromatic heterocycles. The van der Waals surface area contributed by atoms with Crippen LogP contribution in [0.1, 0.15) is 35.2 Å². The normalized spacial score (nSPS) is 26.4. The topological polar surface area (TPSA) is 106 Å². The van der Waals surface area contributed by atoms with E-state index in [9.17, 15) is 9.59 Å². The summed E-state index contributed by atoms with van der Waals surface area (Å²) in [7, 11) is 0. The molecule has 2 amide bonds. The zero-order valence-corrected chi connectivity index (χ0v) is 14.8. The molecule has 3 atom stereocenters. The first kappa shape index (κ1) is 17.1. The van der Waals surface area contributed by atoms with Crippen molar-refractivity contribution < 1.29 is 14.3 Å². The van der Waals surface area contributed by atoms with Gasteiger partial charge in [0.05, 0.1) is 0 Å². The van der Waals surface area contributed by atoms with E-state index in [1.54, 1.807) is 24.3 Å². The van der Waals surface area contributed by atoms with Gasteiger partial charge >= 0.3 is 0 Å². The minimum atomic E-state index is -0.778. The number of carbonyl (C=O) groups is 2. The van der Waals surface area contributed by atoms with Crippen LogP contribution in [0.3, 0.4) is 0 Å². The van der Waals surface area contributed by atoms with Crippen LogP contribution in [-0.4, -0.2) is 23.4 Å². The van der Waals surface area contributed by atoms with Crippen LogP contribution in [0, 0.1) is 5.92 Å². The van der Waals surface area contributed by atoms with E-state index in [2.05, 4.69) is 15.8 Å². The number of hydrogen-bond acceptors (Lipinski definition) is 4. The smallest absolute Gasteiger partial charge is 0.271 e. The molecular weight excluding hydrogens is 344 g/mol. The highest BCUT2D eigenvalue weighted by Crippen LogP contribution is 2.46. The van der Waals surface area contributed by atoms with Gasteiger partial charge in [-0.15, -0.1) is 0 Å². The van der Waals surface area contributed by atoms with Crippen LogP contribution in [0.2, 0.25) is 0 Å². The minimum absolute atomic E-state index is 0.0699. The molecule has 1 saturated heterocycles. The van der Waals surface area contributed by atoms with E-state index in [4.69, 9.17) is 10.5 Å². The minimum Gasteiger partial charge on any atom is -0.468 e. The average molecular weight is 364 g/mol. The van der Waals surface area contributed by atoms with E-state index in [1.165, 1.54) is 0 Å². The Kier molecular flexibility index (Phi) is 4.07. The van der Waals surface area contributed by atoms with Gasteiger partial charge in [-0.05, 0) is 30.7 Å². The zero-order chi connectivity index (χ0) is 19.0. The van der Waals surface area contributed by atoms with Crippen LogP contribution in [0.25, 0.3) is 0 Å². The van der Waals surface area contributed by atoms with Gasteiger partial charge in [-0.1, -0.05) is 36.4 Å². The number of benzene rings is 2. The Hall–Kier alpha value is -3.35. The highest BCUT2D eigenvalue weighted by atomic mass is 16.5. The van der Waals surface area contributed by atoms with Gasteiger partial charge in [0.25, 0.3) is 5.91 Å². The third kappa shape index (κ3) is 3.12.